The number of rotatable bonds is 6. The molecule has 0 bridgehead atoms. The SMILES string of the molecule is CNCC(=O)N(CCOC)C1CCSC1. The van der Waals surface area contributed by atoms with Gasteiger partial charge in [-0.2, -0.15) is 11.8 Å². The lowest BCUT2D eigenvalue weighted by atomic mass is 10.2. The summed E-state index contributed by atoms with van der Waals surface area (Å²) in [7, 11) is 3.47. The van der Waals surface area contributed by atoms with E-state index in [2.05, 4.69) is 5.32 Å². The van der Waals surface area contributed by atoms with Crippen LogP contribution >= 0.6 is 11.8 Å². The number of carbonyl (C=O) groups is 1. The minimum Gasteiger partial charge on any atom is -0.383 e. The van der Waals surface area contributed by atoms with E-state index in [0.717, 1.165) is 12.2 Å². The first-order valence-corrected chi connectivity index (χ1v) is 6.45. The van der Waals surface area contributed by atoms with E-state index in [-0.39, 0.29) is 5.91 Å². The summed E-state index contributed by atoms with van der Waals surface area (Å²) >= 11 is 1.92. The normalized spacial score (nSPS) is 20.5. The number of hydrogen-bond donors (Lipinski definition) is 1. The quantitative estimate of drug-likeness (QED) is 0.710. The standard InChI is InChI=1S/C10H20N2O2S/c1-11-7-10(13)12(4-5-14-2)9-3-6-15-8-9/h9,11H,3-8H2,1-2H3. The van der Waals surface area contributed by atoms with Crippen molar-refractivity contribution >= 4 is 17.7 Å². The summed E-state index contributed by atoms with van der Waals surface area (Å²) in [5.41, 5.74) is 0. The van der Waals surface area contributed by atoms with Crippen molar-refractivity contribution in [1.82, 2.24) is 10.2 Å². The molecule has 1 heterocycles. The second-order valence-electron chi connectivity index (χ2n) is 3.63. The van der Waals surface area contributed by atoms with Gasteiger partial charge in [0, 0.05) is 25.4 Å². The number of ether oxygens (including phenoxy) is 1. The fourth-order valence-electron chi connectivity index (χ4n) is 1.72. The van der Waals surface area contributed by atoms with Gasteiger partial charge in [0.1, 0.15) is 0 Å². The summed E-state index contributed by atoms with van der Waals surface area (Å²) in [6.45, 7) is 1.75. The van der Waals surface area contributed by atoms with Gasteiger partial charge in [0.05, 0.1) is 13.2 Å². The number of methoxy groups -OCH3 is 1. The maximum Gasteiger partial charge on any atom is 0.236 e. The predicted molar refractivity (Wildman–Crippen MR) is 63.2 cm³/mol. The molecule has 1 aliphatic rings. The molecule has 0 aliphatic carbocycles. The maximum absolute atomic E-state index is 11.8. The molecule has 1 amide bonds. The molecule has 1 aliphatic heterocycles. The van der Waals surface area contributed by atoms with Crippen LogP contribution in [0.2, 0.25) is 0 Å². The third-order valence-electron chi connectivity index (χ3n) is 2.53. The van der Waals surface area contributed by atoms with Gasteiger partial charge in [-0.15, -0.1) is 0 Å². The summed E-state index contributed by atoms with van der Waals surface area (Å²) in [6.07, 6.45) is 1.11. The van der Waals surface area contributed by atoms with Crippen molar-refractivity contribution < 1.29 is 9.53 Å². The predicted octanol–water partition coefficient (Wildman–Crippen LogP) is 0.186. The summed E-state index contributed by atoms with van der Waals surface area (Å²) in [4.78, 5) is 13.8. The first-order valence-electron chi connectivity index (χ1n) is 5.30. The lowest BCUT2D eigenvalue weighted by Gasteiger charge is -2.28. The Balaban J connectivity index is 2.46. The minimum absolute atomic E-state index is 0.182. The van der Waals surface area contributed by atoms with E-state index in [4.69, 9.17) is 4.74 Å². The molecule has 1 unspecified atom stereocenters. The second-order valence-corrected chi connectivity index (χ2v) is 4.78. The maximum atomic E-state index is 11.8. The lowest BCUT2D eigenvalue weighted by Crippen LogP contribution is -2.45. The Kier molecular flexibility index (Phi) is 6.05. The van der Waals surface area contributed by atoms with Crippen LogP contribution in [0, 0.1) is 0 Å². The Morgan fingerprint density at radius 2 is 2.47 bits per heavy atom. The molecule has 5 heteroatoms. The third kappa shape index (κ3) is 4.01. The van der Waals surface area contributed by atoms with Crippen molar-refractivity contribution in [1.29, 1.82) is 0 Å². The first kappa shape index (κ1) is 12.8. The van der Waals surface area contributed by atoms with E-state index in [1.807, 2.05) is 16.7 Å². The lowest BCUT2D eigenvalue weighted by molar-refractivity contribution is -0.132. The zero-order valence-corrected chi connectivity index (χ0v) is 10.3. The van der Waals surface area contributed by atoms with Gasteiger partial charge in [-0.3, -0.25) is 4.79 Å². The Hall–Kier alpha value is -0.260. The smallest absolute Gasteiger partial charge is 0.236 e. The molecule has 0 aromatic rings. The van der Waals surface area contributed by atoms with Gasteiger partial charge in [0.15, 0.2) is 0 Å². The van der Waals surface area contributed by atoms with Crippen LogP contribution in [0.15, 0.2) is 0 Å². The number of carbonyl (C=O) groups excluding carboxylic acids is 1. The molecule has 0 aromatic carbocycles. The van der Waals surface area contributed by atoms with Crippen molar-refractivity contribution in [2.75, 3.05) is 45.4 Å². The molecule has 1 saturated heterocycles. The zero-order chi connectivity index (χ0) is 11.1. The largest absolute Gasteiger partial charge is 0.383 e. The highest BCUT2D eigenvalue weighted by atomic mass is 32.2. The molecule has 4 nitrogen and oxygen atoms in total. The molecule has 0 radical (unpaired) electrons. The van der Waals surface area contributed by atoms with E-state index in [9.17, 15) is 4.79 Å². The molecule has 1 N–H and O–H groups in total. The van der Waals surface area contributed by atoms with Crippen molar-refractivity contribution in [2.45, 2.75) is 12.5 Å². The Labute approximate surface area is 95.7 Å². The monoisotopic (exact) mass is 232 g/mol. The first-order chi connectivity index (χ1) is 7.29. The summed E-state index contributed by atoms with van der Waals surface area (Å²) in [6, 6.07) is 0.408. The van der Waals surface area contributed by atoms with E-state index >= 15 is 0 Å². The van der Waals surface area contributed by atoms with Crippen LogP contribution in [0.25, 0.3) is 0 Å². The van der Waals surface area contributed by atoms with Gasteiger partial charge < -0.3 is 15.0 Å². The average Bonchev–Trinajstić information content (AvgIpc) is 2.72. The highest BCUT2D eigenvalue weighted by Gasteiger charge is 2.25. The van der Waals surface area contributed by atoms with Crippen LogP contribution in [0.5, 0.6) is 0 Å². The molecule has 0 saturated carbocycles. The number of amides is 1. The van der Waals surface area contributed by atoms with Crippen LogP contribution in [-0.4, -0.2) is 62.2 Å². The van der Waals surface area contributed by atoms with Crippen LogP contribution in [0.4, 0.5) is 0 Å². The molecule has 1 atom stereocenters. The van der Waals surface area contributed by atoms with Crippen molar-refractivity contribution in [2.24, 2.45) is 0 Å². The van der Waals surface area contributed by atoms with Gasteiger partial charge in [-0.05, 0) is 19.2 Å². The van der Waals surface area contributed by atoms with Gasteiger partial charge in [0.2, 0.25) is 5.91 Å². The Morgan fingerprint density at radius 3 is 3.00 bits per heavy atom. The molecule has 15 heavy (non-hydrogen) atoms. The minimum atomic E-state index is 0.182. The van der Waals surface area contributed by atoms with Crippen LogP contribution in [-0.2, 0) is 9.53 Å². The fourth-order valence-corrected chi connectivity index (χ4v) is 2.95. The van der Waals surface area contributed by atoms with E-state index < -0.39 is 0 Å². The van der Waals surface area contributed by atoms with E-state index in [1.54, 1.807) is 14.2 Å². The van der Waals surface area contributed by atoms with E-state index in [1.165, 1.54) is 5.75 Å². The Morgan fingerprint density at radius 1 is 1.67 bits per heavy atom. The fraction of sp³-hybridized carbons (Fsp3) is 0.900. The molecule has 0 spiro atoms. The van der Waals surface area contributed by atoms with Crippen molar-refractivity contribution in [3.8, 4) is 0 Å². The topological polar surface area (TPSA) is 41.6 Å². The average molecular weight is 232 g/mol. The summed E-state index contributed by atoms with van der Waals surface area (Å²) in [5, 5.41) is 2.91. The van der Waals surface area contributed by atoms with Crippen LogP contribution in [0.1, 0.15) is 6.42 Å². The van der Waals surface area contributed by atoms with Gasteiger partial charge >= 0.3 is 0 Å². The van der Waals surface area contributed by atoms with Gasteiger partial charge in [0.25, 0.3) is 0 Å². The Bertz CT molecular complexity index is 196. The van der Waals surface area contributed by atoms with Crippen LogP contribution in [0.3, 0.4) is 0 Å². The molecule has 1 fully saturated rings. The highest BCUT2D eigenvalue weighted by molar-refractivity contribution is 7.99. The van der Waals surface area contributed by atoms with Gasteiger partial charge in [-0.25, -0.2) is 0 Å². The zero-order valence-electron chi connectivity index (χ0n) is 9.49. The molecule has 88 valence electrons. The highest BCUT2D eigenvalue weighted by Crippen LogP contribution is 2.22. The number of likely N-dealkylation sites (N-methyl/N-ethyl adjacent to an activating group) is 1. The number of hydrogen-bond acceptors (Lipinski definition) is 4. The van der Waals surface area contributed by atoms with Crippen LogP contribution < -0.4 is 5.32 Å². The van der Waals surface area contributed by atoms with E-state index in [0.29, 0.717) is 25.7 Å². The number of thioether (sulfide) groups is 1. The summed E-state index contributed by atoms with van der Waals surface area (Å²) in [5.74, 6) is 2.42. The van der Waals surface area contributed by atoms with Crippen molar-refractivity contribution in [3.05, 3.63) is 0 Å². The summed E-state index contributed by atoms with van der Waals surface area (Å²) < 4.78 is 5.04. The molecular weight excluding hydrogens is 212 g/mol. The van der Waals surface area contributed by atoms with Crippen molar-refractivity contribution in [3.63, 3.8) is 0 Å². The second kappa shape index (κ2) is 7.09. The number of nitrogens with one attached hydrogen (secondary N) is 1. The molecular formula is C10H20N2O2S. The third-order valence-corrected chi connectivity index (χ3v) is 3.68. The number of nitrogens with zero attached hydrogens (tertiary/aromatic N) is 1. The molecule has 1 rings (SSSR count). The van der Waals surface area contributed by atoms with Gasteiger partial charge in [-0.1, -0.05) is 0 Å². The molecule has 0 aromatic heterocycles.